The van der Waals surface area contributed by atoms with E-state index in [4.69, 9.17) is 4.74 Å². The molecule has 2 N–H and O–H groups in total. The normalized spacial score (nSPS) is 10.5. The van der Waals surface area contributed by atoms with E-state index < -0.39 is 5.91 Å². The number of nitrogens with one attached hydrogen (secondary N) is 1. The number of carbonyl (C=O) groups excluding carboxylic acids is 1. The molecule has 0 bridgehead atoms. The summed E-state index contributed by atoms with van der Waals surface area (Å²) in [5.41, 5.74) is 0.0383. The lowest BCUT2D eigenvalue weighted by Gasteiger charge is -2.08. The summed E-state index contributed by atoms with van der Waals surface area (Å²) in [6, 6.07) is 3.00. The van der Waals surface area contributed by atoms with Crippen molar-refractivity contribution in [2.45, 2.75) is 13.8 Å². The highest BCUT2D eigenvalue weighted by Gasteiger charge is 2.10. The Labute approximate surface area is 101 Å². The summed E-state index contributed by atoms with van der Waals surface area (Å²) < 4.78 is 5.31. The average molecular weight is 238 g/mol. The Balaban J connectivity index is 2.29. The van der Waals surface area contributed by atoms with E-state index >= 15 is 0 Å². The summed E-state index contributed by atoms with van der Waals surface area (Å²) in [7, 11) is 0. The van der Waals surface area contributed by atoms with Crippen LogP contribution in [0.3, 0.4) is 0 Å². The fourth-order valence-electron chi connectivity index (χ4n) is 1.21. The van der Waals surface area contributed by atoms with Gasteiger partial charge >= 0.3 is 0 Å². The van der Waals surface area contributed by atoms with Crippen molar-refractivity contribution in [2.24, 2.45) is 5.92 Å². The summed E-state index contributed by atoms with van der Waals surface area (Å²) in [6.07, 6.45) is 1.46. The fraction of sp³-hybridized carbons (Fsp3) is 0.500. The van der Waals surface area contributed by atoms with E-state index in [1.165, 1.54) is 12.3 Å². The van der Waals surface area contributed by atoms with Gasteiger partial charge in [-0.2, -0.15) is 0 Å². The number of aromatic nitrogens is 1. The van der Waals surface area contributed by atoms with Crippen molar-refractivity contribution in [3.8, 4) is 5.75 Å². The van der Waals surface area contributed by atoms with Crippen molar-refractivity contribution in [3.05, 3.63) is 24.0 Å². The molecule has 0 saturated heterocycles. The number of nitrogens with zero attached hydrogens (tertiary/aromatic N) is 1. The number of rotatable bonds is 6. The van der Waals surface area contributed by atoms with E-state index in [1.807, 2.05) is 0 Å². The van der Waals surface area contributed by atoms with Crippen LogP contribution in [0, 0.1) is 5.92 Å². The SMILES string of the molecule is CC(C)COCCNC(=O)c1ncccc1O. The van der Waals surface area contributed by atoms with Crippen LogP contribution < -0.4 is 5.32 Å². The van der Waals surface area contributed by atoms with Gasteiger partial charge in [-0.25, -0.2) is 4.98 Å². The topological polar surface area (TPSA) is 71.5 Å². The van der Waals surface area contributed by atoms with E-state index in [2.05, 4.69) is 24.1 Å². The average Bonchev–Trinajstić information content (AvgIpc) is 2.28. The Bertz CT molecular complexity index is 367. The van der Waals surface area contributed by atoms with Crippen molar-refractivity contribution in [1.29, 1.82) is 0 Å². The zero-order chi connectivity index (χ0) is 12.7. The minimum absolute atomic E-state index is 0.0383. The highest BCUT2D eigenvalue weighted by atomic mass is 16.5. The molecule has 17 heavy (non-hydrogen) atoms. The van der Waals surface area contributed by atoms with Gasteiger partial charge in [0.25, 0.3) is 5.91 Å². The van der Waals surface area contributed by atoms with Gasteiger partial charge in [0.1, 0.15) is 5.75 Å². The first-order valence-electron chi connectivity index (χ1n) is 5.61. The first kappa shape index (κ1) is 13.4. The first-order valence-corrected chi connectivity index (χ1v) is 5.61. The van der Waals surface area contributed by atoms with Gasteiger partial charge < -0.3 is 15.2 Å². The van der Waals surface area contributed by atoms with Crippen molar-refractivity contribution in [2.75, 3.05) is 19.8 Å². The molecule has 5 nitrogen and oxygen atoms in total. The molecule has 94 valence electrons. The number of aromatic hydroxyl groups is 1. The molecule has 0 fully saturated rings. The molecule has 1 amide bonds. The number of ether oxygens (including phenoxy) is 1. The molecule has 1 aromatic rings. The van der Waals surface area contributed by atoms with Crippen molar-refractivity contribution >= 4 is 5.91 Å². The second-order valence-corrected chi connectivity index (χ2v) is 4.10. The lowest BCUT2D eigenvalue weighted by Crippen LogP contribution is -2.28. The number of pyridine rings is 1. The predicted molar refractivity (Wildman–Crippen MR) is 63.9 cm³/mol. The highest BCUT2D eigenvalue weighted by Crippen LogP contribution is 2.11. The van der Waals surface area contributed by atoms with Gasteiger partial charge in [-0.1, -0.05) is 13.8 Å². The molecule has 0 saturated carbocycles. The Morgan fingerprint density at radius 3 is 3.00 bits per heavy atom. The summed E-state index contributed by atoms with van der Waals surface area (Å²) in [4.78, 5) is 15.4. The van der Waals surface area contributed by atoms with Crippen LogP contribution in [0.4, 0.5) is 0 Å². The quantitative estimate of drug-likeness (QED) is 0.730. The molecule has 0 aliphatic rings. The van der Waals surface area contributed by atoms with Gasteiger partial charge in [-0.15, -0.1) is 0 Å². The van der Waals surface area contributed by atoms with Crippen LogP contribution in [0.5, 0.6) is 5.75 Å². The minimum Gasteiger partial charge on any atom is -0.505 e. The highest BCUT2D eigenvalue weighted by molar-refractivity contribution is 5.94. The van der Waals surface area contributed by atoms with Crippen LogP contribution in [0.15, 0.2) is 18.3 Å². The number of hydrogen-bond acceptors (Lipinski definition) is 4. The summed E-state index contributed by atoms with van der Waals surface area (Å²) >= 11 is 0. The van der Waals surface area contributed by atoms with Gasteiger partial charge in [-0.3, -0.25) is 4.79 Å². The van der Waals surface area contributed by atoms with E-state index in [0.717, 1.165) is 0 Å². The standard InChI is InChI=1S/C12H18N2O3/c1-9(2)8-17-7-6-14-12(16)11-10(15)4-3-5-13-11/h3-5,9,15H,6-8H2,1-2H3,(H,14,16). The third-order valence-corrected chi connectivity index (χ3v) is 1.98. The molecule has 0 aliphatic carbocycles. The van der Waals surface area contributed by atoms with Gasteiger partial charge in [0.15, 0.2) is 5.69 Å². The molecule has 0 unspecified atom stereocenters. The number of carbonyl (C=O) groups is 1. The molecule has 1 aromatic heterocycles. The lowest BCUT2D eigenvalue weighted by molar-refractivity contribution is 0.0879. The second kappa shape index (κ2) is 6.85. The predicted octanol–water partition coefficient (Wildman–Crippen LogP) is 1.19. The number of hydrogen-bond donors (Lipinski definition) is 2. The van der Waals surface area contributed by atoms with Gasteiger partial charge in [0.2, 0.25) is 0 Å². The van der Waals surface area contributed by atoms with Crippen molar-refractivity contribution < 1.29 is 14.6 Å². The van der Waals surface area contributed by atoms with Gasteiger partial charge in [0, 0.05) is 19.3 Å². The molecule has 0 aromatic carbocycles. The van der Waals surface area contributed by atoms with Crippen LogP contribution in [-0.2, 0) is 4.74 Å². The molecule has 5 heteroatoms. The van der Waals surface area contributed by atoms with Crippen LogP contribution in [0.2, 0.25) is 0 Å². The zero-order valence-corrected chi connectivity index (χ0v) is 10.1. The second-order valence-electron chi connectivity index (χ2n) is 4.10. The maximum Gasteiger partial charge on any atom is 0.273 e. The lowest BCUT2D eigenvalue weighted by atomic mass is 10.2. The van der Waals surface area contributed by atoms with Crippen molar-refractivity contribution in [3.63, 3.8) is 0 Å². The fourth-order valence-corrected chi connectivity index (χ4v) is 1.21. The van der Waals surface area contributed by atoms with Gasteiger partial charge in [-0.05, 0) is 18.1 Å². The van der Waals surface area contributed by atoms with E-state index in [9.17, 15) is 9.90 Å². The summed E-state index contributed by atoms with van der Waals surface area (Å²) in [5.74, 6) is -0.0325. The zero-order valence-electron chi connectivity index (χ0n) is 10.1. The Morgan fingerprint density at radius 1 is 1.59 bits per heavy atom. The molecule has 1 rings (SSSR count). The maximum atomic E-state index is 11.6. The Hall–Kier alpha value is -1.62. The largest absolute Gasteiger partial charge is 0.505 e. The third-order valence-electron chi connectivity index (χ3n) is 1.98. The van der Waals surface area contributed by atoms with Crippen LogP contribution in [-0.4, -0.2) is 35.8 Å². The minimum atomic E-state index is -0.392. The van der Waals surface area contributed by atoms with Crippen LogP contribution in [0.25, 0.3) is 0 Å². The van der Waals surface area contributed by atoms with E-state index in [1.54, 1.807) is 6.07 Å². The van der Waals surface area contributed by atoms with Gasteiger partial charge in [0.05, 0.1) is 6.61 Å². The Morgan fingerprint density at radius 2 is 2.35 bits per heavy atom. The van der Waals surface area contributed by atoms with Crippen LogP contribution in [0.1, 0.15) is 24.3 Å². The molecule has 0 atom stereocenters. The summed E-state index contributed by atoms with van der Waals surface area (Å²) in [5, 5.41) is 12.0. The third kappa shape index (κ3) is 4.82. The van der Waals surface area contributed by atoms with E-state index in [-0.39, 0.29) is 11.4 Å². The maximum absolute atomic E-state index is 11.6. The molecule has 0 spiro atoms. The smallest absolute Gasteiger partial charge is 0.273 e. The summed E-state index contributed by atoms with van der Waals surface area (Å²) in [6.45, 7) is 5.65. The monoisotopic (exact) mass is 238 g/mol. The Kier molecular flexibility index (Phi) is 5.42. The van der Waals surface area contributed by atoms with Crippen LogP contribution >= 0.6 is 0 Å². The number of amides is 1. The molecular formula is C12H18N2O3. The molecule has 1 heterocycles. The van der Waals surface area contributed by atoms with Crippen molar-refractivity contribution in [1.82, 2.24) is 10.3 Å². The molecular weight excluding hydrogens is 220 g/mol. The molecule has 0 radical (unpaired) electrons. The van der Waals surface area contributed by atoms with E-state index in [0.29, 0.717) is 25.7 Å². The molecule has 0 aliphatic heterocycles. The first-order chi connectivity index (χ1) is 8.11.